The first-order chi connectivity index (χ1) is 15.3. The van der Waals surface area contributed by atoms with Crippen LogP contribution in [0.1, 0.15) is 25.2 Å². The molecule has 5 rings (SSSR count). The van der Waals surface area contributed by atoms with Crippen molar-refractivity contribution in [1.29, 1.82) is 0 Å². The van der Waals surface area contributed by atoms with Gasteiger partial charge in [0.25, 0.3) is 16.7 Å². The number of carbonyl (C=O) groups excluding carboxylic acids is 2. The zero-order chi connectivity index (χ0) is 24.3. The van der Waals surface area contributed by atoms with Gasteiger partial charge in [-0.05, 0) is 13.8 Å². The van der Waals surface area contributed by atoms with E-state index < -0.39 is 55.8 Å². The van der Waals surface area contributed by atoms with Crippen LogP contribution < -0.4 is 16.5 Å². The molecule has 2 aromatic heterocycles. The molecule has 1 atom stereocenters. The minimum Gasteiger partial charge on any atom is -0.503 e. The second-order valence-electron chi connectivity index (χ2n) is 7.47. The molecule has 0 aliphatic carbocycles. The van der Waals surface area contributed by atoms with E-state index in [-0.39, 0.29) is 16.5 Å². The predicted octanol–water partition coefficient (Wildman–Crippen LogP) is -1.54. The van der Waals surface area contributed by atoms with Gasteiger partial charge >= 0.3 is 10.1 Å². The molecule has 2 bridgehead atoms. The quantitative estimate of drug-likeness (QED) is 0.154. The number of fused-ring (bicyclic) bond motifs is 1. The van der Waals surface area contributed by atoms with E-state index in [2.05, 4.69) is 19.7 Å². The Morgan fingerprint density at radius 3 is 2.67 bits per heavy atom. The van der Waals surface area contributed by atoms with Crippen LogP contribution in [0, 0.1) is 0 Å². The molecule has 3 fully saturated rings. The Balaban J connectivity index is 1.64. The van der Waals surface area contributed by atoms with Crippen LogP contribution in [0.15, 0.2) is 27.6 Å². The van der Waals surface area contributed by atoms with Crippen LogP contribution in [-0.2, 0) is 35.4 Å². The number of hydrogen-bond acceptors (Lipinski definition) is 13. The summed E-state index contributed by atoms with van der Waals surface area (Å²) in [6, 6.07) is 0.872. The first-order valence-electron chi connectivity index (χ1n) is 8.98. The third kappa shape index (κ3) is 3.11. The highest BCUT2D eigenvalue weighted by molar-refractivity contribution is 7.89. The number of pyridine rings is 1. The molecule has 0 saturated carbocycles. The number of rotatable bonds is 6. The number of amides is 2. The van der Waals surface area contributed by atoms with Crippen molar-refractivity contribution in [1.82, 2.24) is 20.1 Å². The summed E-state index contributed by atoms with van der Waals surface area (Å²) in [4.78, 5) is 43.6. The predicted molar refractivity (Wildman–Crippen MR) is 109 cm³/mol. The van der Waals surface area contributed by atoms with Gasteiger partial charge < -0.3 is 26.2 Å². The van der Waals surface area contributed by atoms with E-state index in [1.165, 1.54) is 19.2 Å². The van der Waals surface area contributed by atoms with Gasteiger partial charge in [-0.25, -0.2) is 4.98 Å². The Kier molecular flexibility index (Phi) is 4.88. The van der Waals surface area contributed by atoms with Crippen molar-refractivity contribution in [3.05, 3.63) is 39.3 Å². The second-order valence-corrected chi connectivity index (χ2v) is 10.0. The Morgan fingerprint density at radius 1 is 1.42 bits per heavy atom. The highest BCUT2D eigenvalue weighted by atomic mass is 32.2. The topological polar surface area (TPSA) is 216 Å². The summed E-state index contributed by atoms with van der Waals surface area (Å²) in [5.74, 6) is -2.82. The van der Waals surface area contributed by atoms with Crippen molar-refractivity contribution in [3.8, 4) is 5.75 Å². The average molecular weight is 500 g/mol. The van der Waals surface area contributed by atoms with Gasteiger partial charge in [0.2, 0.25) is 5.43 Å². The van der Waals surface area contributed by atoms with E-state index in [9.17, 15) is 33.1 Å². The van der Waals surface area contributed by atoms with Gasteiger partial charge in [-0.3, -0.25) is 14.4 Å². The van der Waals surface area contributed by atoms with E-state index in [0.717, 1.165) is 23.6 Å². The number of carbonyl (C=O) groups is 2. The van der Waals surface area contributed by atoms with Gasteiger partial charge in [-0.2, -0.15) is 18.2 Å². The SMILES string of the molecule is CC1(C)N2OS(=O)(=O)[C@]1(NC(=O)/C(=N\OCc1cc(=O)c(O)cn1O)c1csc(N)n1)C2=O. The summed E-state index contributed by atoms with van der Waals surface area (Å²) in [6.45, 7) is 2.24. The fourth-order valence-corrected chi connectivity index (χ4v) is 5.67. The molecular weight excluding hydrogens is 484 g/mol. The number of thiazole rings is 1. The number of anilines is 1. The van der Waals surface area contributed by atoms with Crippen LogP contribution in [0.5, 0.6) is 5.75 Å². The number of hydrogen-bond donors (Lipinski definition) is 4. The molecular formula is C16H16N6O9S2. The fraction of sp³-hybridized carbons (Fsp3) is 0.312. The standard InChI is InChI=1S/C16H16N6O9S2/c1-15(2)16(13(26)22(15)31-33(16,28)29)19-12(25)11(8-6-32-14(17)18-8)20-30-5-7-3-9(23)10(24)4-21(7)27/h3-4,6,24,27H,5H2,1-2H3,(H2,17,18)(H,19,25)/b20-11-/t16-/m1/s1. The normalized spacial score (nSPS) is 22.7. The number of nitrogens with one attached hydrogen (secondary N) is 1. The molecule has 0 spiro atoms. The molecule has 3 aliphatic heterocycles. The van der Waals surface area contributed by atoms with E-state index in [0.29, 0.717) is 9.79 Å². The van der Waals surface area contributed by atoms with Gasteiger partial charge in [-0.15, -0.1) is 15.6 Å². The summed E-state index contributed by atoms with van der Waals surface area (Å²) in [5.41, 5.74) is 2.64. The number of oxime groups is 1. The van der Waals surface area contributed by atoms with Crippen molar-refractivity contribution in [2.45, 2.75) is 30.9 Å². The Labute approximate surface area is 188 Å². The van der Waals surface area contributed by atoms with Gasteiger partial charge in [0.1, 0.15) is 16.9 Å². The number of aromatic nitrogens is 2. The molecule has 0 radical (unpaired) electrons. The summed E-state index contributed by atoms with van der Waals surface area (Å²) in [7, 11) is -4.54. The maximum absolute atomic E-state index is 13.0. The summed E-state index contributed by atoms with van der Waals surface area (Å²) in [5, 5.41) is 26.9. The largest absolute Gasteiger partial charge is 0.503 e. The van der Waals surface area contributed by atoms with E-state index >= 15 is 0 Å². The van der Waals surface area contributed by atoms with E-state index in [1.807, 2.05) is 0 Å². The molecule has 17 heteroatoms. The first-order valence-corrected chi connectivity index (χ1v) is 11.3. The Bertz CT molecular complexity index is 1380. The van der Waals surface area contributed by atoms with Crippen LogP contribution in [0.25, 0.3) is 0 Å². The van der Waals surface area contributed by atoms with Crippen LogP contribution in [-0.4, -0.2) is 61.4 Å². The maximum atomic E-state index is 13.0. The maximum Gasteiger partial charge on any atom is 0.324 e. The smallest absolute Gasteiger partial charge is 0.324 e. The number of aromatic hydroxyl groups is 1. The highest BCUT2D eigenvalue weighted by Gasteiger charge is 2.84. The zero-order valence-corrected chi connectivity index (χ0v) is 18.5. The van der Waals surface area contributed by atoms with Gasteiger partial charge in [0, 0.05) is 11.4 Å². The molecule has 15 nitrogen and oxygen atoms in total. The lowest BCUT2D eigenvalue weighted by atomic mass is 9.83. The molecule has 2 aromatic rings. The van der Waals surface area contributed by atoms with E-state index in [4.69, 9.17) is 10.6 Å². The summed E-state index contributed by atoms with van der Waals surface area (Å²) < 4.78 is 30.0. The van der Waals surface area contributed by atoms with Crippen molar-refractivity contribution >= 4 is 44.1 Å². The number of β-lactam (4-membered cyclic amide) rings is 1. The average Bonchev–Trinajstić information content (AvgIpc) is 3.29. The van der Waals surface area contributed by atoms with Crippen molar-refractivity contribution < 1.29 is 37.4 Å². The molecule has 3 saturated heterocycles. The van der Waals surface area contributed by atoms with Crippen molar-refractivity contribution in [3.63, 3.8) is 0 Å². The van der Waals surface area contributed by atoms with Crippen molar-refractivity contribution in [2.24, 2.45) is 5.16 Å². The second kappa shape index (κ2) is 7.15. The molecule has 5 N–H and O–H groups in total. The Hall–Kier alpha value is -3.70. The van der Waals surface area contributed by atoms with Crippen molar-refractivity contribution in [2.75, 3.05) is 5.73 Å². The number of nitrogens with two attached hydrogens (primary N) is 1. The molecule has 33 heavy (non-hydrogen) atoms. The molecule has 5 heterocycles. The molecule has 2 amide bonds. The van der Waals surface area contributed by atoms with Gasteiger partial charge in [-0.1, -0.05) is 5.16 Å². The molecule has 176 valence electrons. The molecule has 0 unspecified atom stereocenters. The third-order valence-electron chi connectivity index (χ3n) is 5.13. The van der Waals surface area contributed by atoms with Crippen LogP contribution in [0.2, 0.25) is 0 Å². The van der Waals surface area contributed by atoms with Crippen LogP contribution >= 0.6 is 11.3 Å². The number of nitrogens with zero attached hydrogens (tertiary/aromatic N) is 4. The molecule has 3 aliphatic rings. The molecule has 0 aromatic carbocycles. The van der Waals surface area contributed by atoms with E-state index in [1.54, 1.807) is 0 Å². The lowest BCUT2D eigenvalue weighted by Gasteiger charge is -2.47. The van der Waals surface area contributed by atoms with Crippen LogP contribution in [0.4, 0.5) is 5.13 Å². The summed E-state index contributed by atoms with van der Waals surface area (Å²) >= 11 is 0.957. The Morgan fingerprint density at radius 2 is 2.12 bits per heavy atom. The van der Waals surface area contributed by atoms with Crippen LogP contribution in [0.3, 0.4) is 0 Å². The third-order valence-corrected chi connectivity index (χ3v) is 7.67. The number of hydroxylamine groups is 2. The lowest BCUT2D eigenvalue weighted by Crippen LogP contribution is -2.81. The summed E-state index contributed by atoms with van der Waals surface area (Å²) in [6.07, 6.45) is 0.736. The number of nitrogen functional groups attached to an aromatic ring is 1. The highest BCUT2D eigenvalue weighted by Crippen LogP contribution is 2.53. The minimum absolute atomic E-state index is 0.0643. The first kappa shape index (κ1) is 22.5. The fourth-order valence-electron chi connectivity index (χ4n) is 3.36. The zero-order valence-electron chi connectivity index (χ0n) is 16.9. The van der Waals surface area contributed by atoms with Gasteiger partial charge in [0.15, 0.2) is 23.2 Å². The lowest BCUT2D eigenvalue weighted by molar-refractivity contribution is -0.200. The van der Waals surface area contributed by atoms with Gasteiger partial charge in [0.05, 0.1) is 6.20 Å². The minimum atomic E-state index is -4.54. The monoisotopic (exact) mass is 500 g/mol.